The molecule has 5 heteroatoms. The van der Waals surface area contributed by atoms with Crippen LogP contribution in [-0.2, 0) is 16.1 Å². The topological polar surface area (TPSA) is 32.8 Å². The summed E-state index contributed by atoms with van der Waals surface area (Å²) in [4.78, 5) is 19.1. The van der Waals surface area contributed by atoms with Crippen molar-refractivity contribution in [1.82, 2.24) is 9.80 Å². The van der Waals surface area contributed by atoms with Crippen LogP contribution in [0.5, 0.6) is 0 Å². The molecule has 0 aromatic carbocycles. The Morgan fingerprint density at radius 1 is 1.50 bits per heavy atom. The van der Waals surface area contributed by atoms with Crippen LogP contribution in [0.15, 0.2) is 30.2 Å². The zero-order valence-electron chi connectivity index (χ0n) is 14.6. The predicted octanol–water partition coefficient (Wildman–Crippen LogP) is 3.01. The molecule has 0 aliphatic carbocycles. The summed E-state index contributed by atoms with van der Waals surface area (Å²) in [6.07, 6.45) is 3.93. The molecule has 1 aromatic heterocycles. The highest BCUT2D eigenvalue weighted by atomic mass is 32.1. The monoisotopic (exact) mass is 348 g/mol. The normalized spacial score (nSPS) is 28.3. The number of rotatable bonds is 6. The second kappa shape index (κ2) is 7.81. The average Bonchev–Trinajstić information content (AvgIpc) is 3.13. The lowest BCUT2D eigenvalue weighted by molar-refractivity contribution is -0.157. The summed E-state index contributed by atoms with van der Waals surface area (Å²) in [5, 5.41) is 2.14. The van der Waals surface area contributed by atoms with Crippen molar-refractivity contribution in [1.29, 1.82) is 0 Å². The van der Waals surface area contributed by atoms with E-state index in [-0.39, 0.29) is 11.4 Å². The Labute approximate surface area is 149 Å². The van der Waals surface area contributed by atoms with Crippen LogP contribution in [0.25, 0.3) is 0 Å². The molecule has 3 heterocycles. The van der Waals surface area contributed by atoms with Crippen LogP contribution in [0.1, 0.15) is 24.6 Å². The summed E-state index contributed by atoms with van der Waals surface area (Å²) in [6, 6.07) is 4.31. The van der Waals surface area contributed by atoms with Crippen LogP contribution in [0, 0.1) is 11.3 Å². The zero-order valence-corrected chi connectivity index (χ0v) is 15.4. The second-order valence-corrected chi connectivity index (χ2v) is 8.01. The summed E-state index contributed by atoms with van der Waals surface area (Å²) in [5.74, 6) is 0.360. The number of esters is 1. The molecular formula is C19H28N2O2S. The summed E-state index contributed by atoms with van der Waals surface area (Å²) >= 11 is 1.81. The predicted molar refractivity (Wildman–Crippen MR) is 98.0 cm³/mol. The van der Waals surface area contributed by atoms with Gasteiger partial charge in [0.15, 0.2) is 0 Å². The molecule has 2 fully saturated rings. The molecule has 0 N–H and O–H groups in total. The van der Waals surface area contributed by atoms with Gasteiger partial charge in [0.1, 0.15) is 0 Å². The summed E-state index contributed by atoms with van der Waals surface area (Å²) in [6.45, 7) is 11.9. The number of fused-ring (bicyclic) bond motifs is 1. The molecule has 0 saturated carbocycles. The van der Waals surface area contributed by atoms with Crippen molar-refractivity contribution >= 4 is 17.3 Å². The van der Waals surface area contributed by atoms with E-state index in [9.17, 15) is 4.79 Å². The zero-order chi connectivity index (χ0) is 17.0. The largest absolute Gasteiger partial charge is 0.466 e. The number of thiophene rings is 1. The number of ether oxygens (including phenoxy) is 1. The van der Waals surface area contributed by atoms with Crippen LogP contribution < -0.4 is 0 Å². The molecule has 132 valence electrons. The van der Waals surface area contributed by atoms with E-state index in [1.54, 1.807) is 0 Å². The van der Waals surface area contributed by atoms with Crippen LogP contribution >= 0.6 is 11.3 Å². The van der Waals surface area contributed by atoms with Crippen molar-refractivity contribution in [3.8, 4) is 0 Å². The fraction of sp³-hybridized carbons (Fsp3) is 0.632. The molecule has 0 bridgehead atoms. The van der Waals surface area contributed by atoms with E-state index in [0.29, 0.717) is 12.5 Å². The van der Waals surface area contributed by atoms with E-state index >= 15 is 0 Å². The lowest BCUT2D eigenvalue weighted by Crippen LogP contribution is -2.42. The van der Waals surface area contributed by atoms with Gasteiger partial charge >= 0.3 is 5.97 Å². The molecule has 1 aromatic rings. The number of carbonyl (C=O) groups excluding carboxylic acids is 1. The molecular weight excluding hydrogens is 320 g/mol. The maximum Gasteiger partial charge on any atom is 0.313 e. The Kier molecular flexibility index (Phi) is 5.74. The number of nitrogens with zero attached hydrogens (tertiary/aromatic N) is 2. The maximum absolute atomic E-state index is 12.8. The van der Waals surface area contributed by atoms with Crippen molar-refractivity contribution in [3.05, 3.63) is 35.0 Å². The molecule has 2 aliphatic heterocycles. The molecule has 0 spiro atoms. The minimum atomic E-state index is -0.330. The molecule has 24 heavy (non-hydrogen) atoms. The molecule has 2 aliphatic rings. The van der Waals surface area contributed by atoms with Crippen molar-refractivity contribution in [3.63, 3.8) is 0 Å². The van der Waals surface area contributed by atoms with Crippen molar-refractivity contribution in [2.24, 2.45) is 11.3 Å². The standard InChI is InChI=1S/C19H28N2O2S/c1-3-9-21-13-16-12-20(14-17-7-5-11-24-17)10-6-8-19(16,15-21)18(22)23-4-2/h3,5,7,11,16H,1,4,6,8-10,12-15H2,2H3/t16-,19-/m0/s1. The third-order valence-corrected chi connectivity index (χ3v) is 6.23. The summed E-state index contributed by atoms with van der Waals surface area (Å²) in [5.41, 5.74) is -0.330. The minimum absolute atomic E-state index is 0.0135. The van der Waals surface area contributed by atoms with Crippen molar-refractivity contribution in [2.45, 2.75) is 26.3 Å². The lowest BCUT2D eigenvalue weighted by atomic mass is 9.75. The van der Waals surface area contributed by atoms with Gasteiger partial charge in [-0.25, -0.2) is 0 Å². The maximum atomic E-state index is 12.8. The highest BCUT2D eigenvalue weighted by Gasteiger charge is 2.53. The van der Waals surface area contributed by atoms with Crippen LogP contribution in [0.2, 0.25) is 0 Å². The Morgan fingerprint density at radius 2 is 2.33 bits per heavy atom. The molecule has 2 saturated heterocycles. The number of hydrogen-bond donors (Lipinski definition) is 0. The minimum Gasteiger partial charge on any atom is -0.466 e. The van der Waals surface area contributed by atoms with Crippen LogP contribution in [0.4, 0.5) is 0 Å². The van der Waals surface area contributed by atoms with Gasteiger partial charge in [-0.1, -0.05) is 12.1 Å². The van der Waals surface area contributed by atoms with E-state index in [4.69, 9.17) is 4.74 Å². The van der Waals surface area contributed by atoms with Gasteiger partial charge in [0.05, 0.1) is 12.0 Å². The molecule has 0 radical (unpaired) electrons. The Morgan fingerprint density at radius 3 is 3.04 bits per heavy atom. The van der Waals surface area contributed by atoms with Gasteiger partial charge in [0.2, 0.25) is 0 Å². The van der Waals surface area contributed by atoms with Gasteiger partial charge in [-0.3, -0.25) is 14.6 Å². The fourth-order valence-electron chi connectivity index (χ4n) is 4.31. The van der Waals surface area contributed by atoms with E-state index in [1.165, 1.54) is 4.88 Å². The fourth-order valence-corrected chi connectivity index (χ4v) is 5.06. The Hall–Kier alpha value is -1.17. The van der Waals surface area contributed by atoms with Gasteiger partial charge in [0.25, 0.3) is 0 Å². The highest BCUT2D eigenvalue weighted by Crippen LogP contribution is 2.44. The third kappa shape index (κ3) is 3.58. The number of hydrogen-bond acceptors (Lipinski definition) is 5. The second-order valence-electron chi connectivity index (χ2n) is 6.97. The molecule has 4 nitrogen and oxygen atoms in total. The van der Waals surface area contributed by atoms with Gasteiger partial charge in [-0.05, 0) is 37.8 Å². The van der Waals surface area contributed by atoms with Crippen molar-refractivity contribution < 1.29 is 9.53 Å². The van der Waals surface area contributed by atoms with Gasteiger partial charge in [-0.15, -0.1) is 17.9 Å². The molecule has 2 atom stereocenters. The van der Waals surface area contributed by atoms with Crippen molar-refractivity contribution in [2.75, 3.05) is 39.3 Å². The molecule has 0 unspecified atom stereocenters. The lowest BCUT2D eigenvalue weighted by Gasteiger charge is -2.31. The van der Waals surface area contributed by atoms with E-state index in [0.717, 1.165) is 52.1 Å². The Bertz CT molecular complexity index is 560. The van der Waals surface area contributed by atoms with Crippen LogP contribution in [0.3, 0.4) is 0 Å². The first-order valence-electron chi connectivity index (χ1n) is 8.93. The van der Waals surface area contributed by atoms with Gasteiger partial charge in [0, 0.05) is 43.5 Å². The first kappa shape index (κ1) is 17.6. The summed E-state index contributed by atoms with van der Waals surface area (Å²) < 4.78 is 5.50. The average molecular weight is 349 g/mol. The first-order valence-corrected chi connectivity index (χ1v) is 9.81. The van der Waals surface area contributed by atoms with Gasteiger partial charge in [-0.2, -0.15) is 0 Å². The Balaban J connectivity index is 1.77. The van der Waals surface area contributed by atoms with Crippen LogP contribution in [-0.4, -0.2) is 55.1 Å². The highest BCUT2D eigenvalue weighted by molar-refractivity contribution is 7.09. The number of likely N-dealkylation sites (tertiary alicyclic amines) is 2. The number of carbonyl (C=O) groups is 1. The SMILES string of the molecule is C=CCN1C[C@@H]2CN(Cc3cccs3)CCC[C@]2(C(=O)OCC)C1. The van der Waals surface area contributed by atoms with E-state index in [1.807, 2.05) is 24.3 Å². The first-order chi connectivity index (χ1) is 11.7. The third-order valence-electron chi connectivity index (χ3n) is 5.37. The molecule has 3 rings (SSSR count). The van der Waals surface area contributed by atoms with Gasteiger partial charge < -0.3 is 4.74 Å². The smallest absolute Gasteiger partial charge is 0.313 e. The summed E-state index contributed by atoms with van der Waals surface area (Å²) in [7, 11) is 0. The molecule has 0 amide bonds. The van der Waals surface area contributed by atoms with E-state index in [2.05, 4.69) is 33.9 Å². The van der Waals surface area contributed by atoms with E-state index < -0.39 is 0 Å². The quantitative estimate of drug-likeness (QED) is 0.584.